The van der Waals surface area contributed by atoms with E-state index in [0.717, 1.165) is 5.92 Å². The molecular formula is C15H27O+. The summed E-state index contributed by atoms with van der Waals surface area (Å²) in [6.07, 6.45) is 7.83. The second kappa shape index (κ2) is 3.94. The van der Waals surface area contributed by atoms with Crippen LogP contribution in [0.2, 0.25) is 0 Å². The highest BCUT2D eigenvalue weighted by molar-refractivity contribution is 5.08. The molecular weight excluding hydrogens is 196 g/mol. The van der Waals surface area contributed by atoms with Crippen LogP contribution in [-0.4, -0.2) is 10.7 Å². The highest BCUT2D eigenvalue weighted by atomic mass is 16.3. The molecule has 1 heteroatoms. The van der Waals surface area contributed by atoms with Crippen LogP contribution in [0.1, 0.15) is 66.2 Å². The lowest BCUT2D eigenvalue weighted by Crippen LogP contribution is -2.45. The Balaban J connectivity index is 2.12. The Labute approximate surface area is 101 Å². The first-order chi connectivity index (χ1) is 7.33. The molecule has 92 valence electrons. The molecule has 2 aliphatic rings. The van der Waals surface area contributed by atoms with E-state index in [1.54, 1.807) is 5.92 Å². The van der Waals surface area contributed by atoms with Crippen molar-refractivity contribution in [2.24, 2.45) is 17.3 Å². The number of aliphatic hydroxyl groups is 1. The summed E-state index contributed by atoms with van der Waals surface area (Å²) in [5.74, 6) is 2.97. The van der Waals surface area contributed by atoms with Gasteiger partial charge in [0.2, 0.25) is 0 Å². The molecule has 1 N–H and O–H groups in total. The maximum atomic E-state index is 10.2. The lowest BCUT2D eigenvalue weighted by atomic mass is 9.54. The largest absolute Gasteiger partial charge is 0.390 e. The topological polar surface area (TPSA) is 20.2 Å². The van der Waals surface area contributed by atoms with E-state index >= 15 is 0 Å². The fraction of sp³-hybridized carbons (Fsp3) is 0.933. The number of hydrogen-bond donors (Lipinski definition) is 1. The van der Waals surface area contributed by atoms with Gasteiger partial charge >= 0.3 is 0 Å². The van der Waals surface area contributed by atoms with Crippen molar-refractivity contribution in [1.82, 2.24) is 0 Å². The van der Waals surface area contributed by atoms with Crippen molar-refractivity contribution in [3.63, 3.8) is 0 Å². The molecule has 2 saturated carbocycles. The number of fused-ring (bicyclic) bond motifs is 1. The Morgan fingerprint density at radius 3 is 2.62 bits per heavy atom. The fourth-order valence-electron chi connectivity index (χ4n) is 4.05. The minimum atomic E-state index is -0.487. The molecule has 0 heterocycles. The molecule has 0 radical (unpaired) electrons. The third-order valence-electron chi connectivity index (χ3n) is 5.34. The summed E-state index contributed by atoms with van der Waals surface area (Å²) in [4.78, 5) is 0. The number of rotatable bonds is 1. The van der Waals surface area contributed by atoms with Gasteiger partial charge in [-0.1, -0.05) is 6.92 Å². The SMILES string of the molecule is C[C+]1CCC[C@]2(C)CC[C@H](C(C)(C)O)C[C@@H]12. The van der Waals surface area contributed by atoms with Gasteiger partial charge in [-0.25, -0.2) is 0 Å². The van der Waals surface area contributed by atoms with Gasteiger partial charge in [0, 0.05) is 5.41 Å². The Kier molecular flexibility index (Phi) is 3.03. The summed E-state index contributed by atoms with van der Waals surface area (Å²) in [6, 6.07) is 0. The third-order valence-corrected chi connectivity index (χ3v) is 5.34. The summed E-state index contributed by atoms with van der Waals surface area (Å²) in [7, 11) is 0. The molecule has 0 spiro atoms. The molecule has 2 rings (SSSR count). The lowest BCUT2D eigenvalue weighted by molar-refractivity contribution is -0.0467. The summed E-state index contributed by atoms with van der Waals surface area (Å²) in [5, 5.41) is 10.2. The predicted octanol–water partition coefficient (Wildman–Crippen LogP) is 3.96. The molecule has 0 unspecified atom stereocenters. The van der Waals surface area contributed by atoms with Gasteiger partial charge < -0.3 is 5.11 Å². The first-order valence-electron chi connectivity index (χ1n) is 6.88. The second-order valence-corrected chi connectivity index (χ2v) is 7.03. The van der Waals surface area contributed by atoms with Crippen LogP contribution >= 0.6 is 0 Å². The highest BCUT2D eigenvalue weighted by Gasteiger charge is 2.52. The molecule has 0 aromatic rings. The molecule has 16 heavy (non-hydrogen) atoms. The van der Waals surface area contributed by atoms with Gasteiger partial charge in [-0.05, 0) is 51.9 Å². The van der Waals surface area contributed by atoms with E-state index in [2.05, 4.69) is 13.8 Å². The lowest BCUT2D eigenvalue weighted by Gasteiger charge is -2.47. The van der Waals surface area contributed by atoms with Gasteiger partial charge in [0.05, 0.1) is 24.9 Å². The van der Waals surface area contributed by atoms with Gasteiger partial charge in [-0.2, -0.15) is 0 Å². The molecule has 0 aromatic carbocycles. The van der Waals surface area contributed by atoms with Crippen molar-refractivity contribution in [2.75, 3.05) is 0 Å². The smallest absolute Gasteiger partial charge is 0.106 e. The average Bonchev–Trinajstić information content (AvgIpc) is 2.15. The van der Waals surface area contributed by atoms with Crippen molar-refractivity contribution in [3.8, 4) is 0 Å². The Hall–Kier alpha value is -0.170. The molecule has 2 fully saturated rings. The van der Waals surface area contributed by atoms with E-state index in [1.807, 2.05) is 13.8 Å². The van der Waals surface area contributed by atoms with Gasteiger partial charge in [0.1, 0.15) is 5.92 Å². The zero-order valence-corrected chi connectivity index (χ0v) is 11.3. The molecule has 0 bridgehead atoms. The van der Waals surface area contributed by atoms with Crippen molar-refractivity contribution >= 4 is 0 Å². The van der Waals surface area contributed by atoms with Crippen LogP contribution in [0.25, 0.3) is 0 Å². The first kappa shape index (κ1) is 12.3. The van der Waals surface area contributed by atoms with Crippen molar-refractivity contribution in [1.29, 1.82) is 0 Å². The van der Waals surface area contributed by atoms with Crippen molar-refractivity contribution in [2.45, 2.75) is 71.8 Å². The van der Waals surface area contributed by atoms with Crippen LogP contribution in [0, 0.1) is 23.2 Å². The van der Waals surface area contributed by atoms with Crippen molar-refractivity contribution in [3.05, 3.63) is 5.92 Å². The molecule has 0 saturated heterocycles. The summed E-state index contributed by atoms with van der Waals surface area (Å²) < 4.78 is 0. The zero-order chi connectivity index (χ0) is 12.0. The van der Waals surface area contributed by atoms with Crippen LogP contribution in [0.15, 0.2) is 0 Å². The van der Waals surface area contributed by atoms with E-state index < -0.39 is 5.60 Å². The highest BCUT2D eigenvalue weighted by Crippen LogP contribution is 2.55. The summed E-state index contributed by atoms with van der Waals surface area (Å²) in [6.45, 7) is 8.78. The fourth-order valence-corrected chi connectivity index (χ4v) is 4.05. The first-order valence-corrected chi connectivity index (χ1v) is 6.88. The normalized spacial score (nSPS) is 40.7. The standard InChI is InChI=1S/C15H27O/c1-11-6-5-8-15(4)9-7-12(10-13(11)15)14(2,3)16/h12-13,16H,5-10H2,1-4H3/q+1/t12-,13-,15+/m0/s1. The monoisotopic (exact) mass is 223 g/mol. The summed E-state index contributed by atoms with van der Waals surface area (Å²) in [5.41, 5.74) is 0.0587. The average molecular weight is 223 g/mol. The molecule has 0 aromatic heterocycles. The summed E-state index contributed by atoms with van der Waals surface area (Å²) >= 11 is 0. The second-order valence-electron chi connectivity index (χ2n) is 7.03. The van der Waals surface area contributed by atoms with E-state index in [4.69, 9.17) is 0 Å². The van der Waals surface area contributed by atoms with Gasteiger partial charge in [0.15, 0.2) is 0 Å². The minimum Gasteiger partial charge on any atom is -0.390 e. The molecule has 2 aliphatic carbocycles. The molecule has 1 nitrogen and oxygen atoms in total. The predicted molar refractivity (Wildman–Crippen MR) is 68.0 cm³/mol. The van der Waals surface area contributed by atoms with Crippen molar-refractivity contribution < 1.29 is 5.11 Å². The van der Waals surface area contributed by atoms with E-state index in [0.29, 0.717) is 11.3 Å². The molecule has 0 amide bonds. The minimum absolute atomic E-state index is 0.487. The number of hydrogen-bond acceptors (Lipinski definition) is 1. The van der Waals surface area contributed by atoms with E-state index in [9.17, 15) is 5.11 Å². The quantitative estimate of drug-likeness (QED) is 0.667. The molecule has 0 aliphatic heterocycles. The van der Waals surface area contributed by atoms with Crippen LogP contribution < -0.4 is 0 Å². The zero-order valence-electron chi connectivity index (χ0n) is 11.3. The van der Waals surface area contributed by atoms with Crippen LogP contribution in [-0.2, 0) is 0 Å². The Morgan fingerprint density at radius 1 is 1.31 bits per heavy atom. The third kappa shape index (κ3) is 2.11. The van der Waals surface area contributed by atoms with Gasteiger partial charge in [-0.15, -0.1) is 0 Å². The Morgan fingerprint density at radius 2 is 2.00 bits per heavy atom. The maximum Gasteiger partial charge on any atom is 0.106 e. The molecule has 3 atom stereocenters. The van der Waals surface area contributed by atoms with E-state index in [1.165, 1.54) is 38.5 Å². The van der Waals surface area contributed by atoms with E-state index in [-0.39, 0.29) is 0 Å². The van der Waals surface area contributed by atoms with Gasteiger partial charge in [0.25, 0.3) is 0 Å². The van der Waals surface area contributed by atoms with Crippen LogP contribution in [0.4, 0.5) is 0 Å². The van der Waals surface area contributed by atoms with Gasteiger partial charge in [-0.3, -0.25) is 0 Å². The maximum absolute atomic E-state index is 10.2. The van der Waals surface area contributed by atoms with Crippen LogP contribution in [0.5, 0.6) is 0 Å². The Bertz CT molecular complexity index is 253. The van der Waals surface area contributed by atoms with Crippen LogP contribution in [0.3, 0.4) is 0 Å².